The van der Waals surface area contributed by atoms with Crippen molar-refractivity contribution >= 4 is 24.1 Å². The molecule has 3 heterocycles. The van der Waals surface area contributed by atoms with Crippen molar-refractivity contribution in [3.63, 3.8) is 0 Å². The summed E-state index contributed by atoms with van der Waals surface area (Å²) in [4.78, 5) is 24.6. The van der Waals surface area contributed by atoms with Gasteiger partial charge in [-0.1, -0.05) is 36.9 Å². The molecule has 0 bridgehead atoms. The molecule has 1 aliphatic rings. The van der Waals surface area contributed by atoms with Gasteiger partial charge >= 0.3 is 5.97 Å². The van der Waals surface area contributed by atoms with Crippen LogP contribution in [0.5, 0.6) is 0 Å². The second-order valence-corrected chi connectivity index (χ2v) is 5.69. The van der Waals surface area contributed by atoms with Crippen molar-refractivity contribution < 1.29 is 9.53 Å². The first-order chi connectivity index (χ1) is 12.1. The van der Waals surface area contributed by atoms with E-state index >= 15 is 0 Å². The number of nitrogen functional groups attached to an aromatic ring is 1. The van der Waals surface area contributed by atoms with Crippen molar-refractivity contribution in [3.05, 3.63) is 63.2 Å². The number of benzene rings is 1. The topological polar surface area (TPSA) is 93.4 Å². The van der Waals surface area contributed by atoms with Crippen molar-refractivity contribution in [1.29, 1.82) is 0 Å². The number of rotatable bonds is 3. The summed E-state index contributed by atoms with van der Waals surface area (Å²) < 4.78 is 5.29. The standard InChI is InChI=1S/C19H16N4O2/c1-3-25-19(24)14-13-12-10(2)9-21-17(20)16(12)23-18(13)22-15(14)11-7-5-4-6-8-11/h4-9H,2-3,20H2,1H3,(H,22,23). The number of H-pyrrole nitrogens is 1. The number of carbonyl (C=O) groups is 1. The molecule has 25 heavy (non-hydrogen) atoms. The summed E-state index contributed by atoms with van der Waals surface area (Å²) in [5, 5.41) is 2.06. The van der Waals surface area contributed by atoms with Gasteiger partial charge in [-0.15, -0.1) is 0 Å². The number of pyridine rings is 1. The zero-order valence-electron chi connectivity index (χ0n) is 13.7. The smallest absolute Gasteiger partial charge is 0.341 e. The zero-order chi connectivity index (χ0) is 17.6. The lowest BCUT2D eigenvalue weighted by atomic mass is 10.1. The minimum Gasteiger partial charge on any atom is -0.462 e. The quantitative estimate of drug-likeness (QED) is 0.559. The van der Waals surface area contributed by atoms with Gasteiger partial charge in [0, 0.05) is 16.6 Å². The first kappa shape index (κ1) is 15.1. The minimum absolute atomic E-state index is 0.284. The van der Waals surface area contributed by atoms with Crippen LogP contribution >= 0.6 is 0 Å². The summed E-state index contributed by atoms with van der Waals surface area (Å²) in [5.74, 6) is -0.0974. The number of ether oxygens (including phenoxy) is 1. The highest BCUT2D eigenvalue weighted by atomic mass is 16.5. The van der Waals surface area contributed by atoms with Gasteiger partial charge in [-0.3, -0.25) is 0 Å². The van der Waals surface area contributed by atoms with Gasteiger partial charge in [0.15, 0.2) is 0 Å². The van der Waals surface area contributed by atoms with Crippen LogP contribution in [0.25, 0.3) is 17.8 Å². The van der Waals surface area contributed by atoms with E-state index in [4.69, 9.17) is 10.5 Å². The number of anilines is 1. The molecule has 0 spiro atoms. The number of nitrogens with one attached hydrogen (secondary N) is 1. The van der Waals surface area contributed by atoms with E-state index in [1.165, 1.54) is 0 Å². The Morgan fingerprint density at radius 3 is 2.76 bits per heavy atom. The number of aromatic amines is 1. The number of esters is 1. The molecule has 1 aromatic carbocycles. The van der Waals surface area contributed by atoms with Gasteiger partial charge in [0.05, 0.1) is 17.9 Å². The predicted molar refractivity (Wildman–Crippen MR) is 94.5 cm³/mol. The van der Waals surface area contributed by atoms with Crippen LogP contribution in [-0.2, 0) is 4.74 Å². The summed E-state index contributed by atoms with van der Waals surface area (Å²) in [6.07, 6.45) is 1.59. The van der Waals surface area contributed by atoms with E-state index in [-0.39, 0.29) is 6.61 Å². The van der Waals surface area contributed by atoms with Crippen LogP contribution in [0.15, 0.2) is 41.5 Å². The van der Waals surface area contributed by atoms with Crippen molar-refractivity contribution in [2.24, 2.45) is 4.99 Å². The number of fused-ring (bicyclic) bond motifs is 2. The molecular formula is C19H16N4O2. The van der Waals surface area contributed by atoms with Crippen LogP contribution in [0.2, 0.25) is 0 Å². The van der Waals surface area contributed by atoms with E-state index in [1.807, 2.05) is 30.3 Å². The number of carbonyl (C=O) groups excluding carboxylic acids is 1. The predicted octanol–water partition coefficient (Wildman–Crippen LogP) is 1.80. The largest absolute Gasteiger partial charge is 0.462 e. The highest BCUT2D eigenvalue weighted by Gasteiger charge is 2.24. The van der Waals surface area contributed by atoms with Crippen LogP contribution in [0.1, 0.15) is 17.3 Å². The average molecular weight is 332 g/mol. The van der Waals surface area contributed by atoms with Crippen molar-refractivity contribution in [2.45, 2.75) is 6.92 Å². The number of aromatic nitrogens is 2. The molecule has 0 radical (unpaired) electrons. The molecule has 0 amide bonds. The van der Waals surface area contributed by atoms with Gasteiger partial charge in [0.1, 0.15) is 17.0 Å². The Balaban J connectivity index is 2.19. The molecule has 4 rings (SSSR count). The molecule has 6 nitrogen and oxygen atoms in total. The van der Waals surface area contributed by atoms with E-state index in [9.17, 15) is 4.79 Å². The Labute approximate surface area is 143 Å². The number of nitrogens with zero attached hydrogens (tertiary/aromatic N) is 2. The number of hydrogen-bond donors (Lipinski definition) is 2. The molecule has 0 unspecified atom stereocenters. The van der Waals surface area contributed by atoms with E-state index in [0.717, 1.165) is 10.8 Å². The third-order valence-electron chi connectivity index (χ3n) is 4.16. The highest BCUT2D eigenvalue weighted by Crippen LogP contribution is 2.27. The lowest BCUT2D eigenvalue weighted by Crippen LogP contribution is -2.10. The summed E-state index contributed by atoms with van der Waals surface area (Å²) in [5.41, 5.74) is 9.06. The van der Waals surface area contributed by atoms with Crippen LogP contribution in [0.3, 0.4) is 0 Å². The Morgan fingerprint density at radius 2 is 2.04 bits per heavy atom. The Bertz CT molecular complexity index is 1200. The maximum Gasteiger partial charge on any atom is 0.341 e. The van der Waals surface area contributed by atoms with E-state index in [0.29, 0.717) is 38.7 Å². The van der Waals surface area contributed by atoms with Crippen molar-refractivity contribution in [1.82, 2.24) is 9.97 Å². The normalized spacial score (nSPS) is 11.6. The third-order valence-corrected chi connectivity index (χ3v) is 4.16. The monoisotopic (exact) mass is 332 g/mol. The number of hydrogen-bond acceptors (Lipinski definition) is 5. The van der Waals surface area contributed by atoms with Crippen molar-refractivity contribution in [2.75, 3.05) is 12.3 Å². The molecule has 1 aliphatic heterocycles. The van der Waals surface area contributed by atoms with Gasteiger partial charge < -0.3 is 15.5 Å². The fraction of sp³-hybridized carbons (Fsp3) is 0.105. The lowest BCUT2D eigenvalue weighted by molar-refractivity contribution is 0.0526. The summed E-state index contributed by atoms with van der Waals surface area (Å²) >= 11 is 0. The van der Waals surface area contributed by atoms with Crippen LogP contribution in [-0.4, -0.2) is 22.5 Å². The van der Waals surface area contributed by atoms with Crippen LogP contribution in [0.4, 0.5) is 11.5 Å². The molecule has 3 N–H and O–H groups in total. The van der Waals surface area contributed by atoms with E-state index in [1.54, 1.807) is 13.1 Å². The van der Waals surface area contributed by atoms with Gasteiger partial charge in [0.25, 0.3) is 0 Å². The highest BCUT2D eigenvalue weighted by molar-refractivity contribution is 5.97. The molecule has 124 valence electrons. The zero-order valence-corrected chi connectivity index (χ0v) is 13.7. The average Bonchev–Trinajstić information content (AvgIpc) is 3.16. The Hall–Kier alpha value is -3.41. The maximum atomic E-state index is 12.7. The van der Waals surface area contributed by atoms with Gasteiger partial charge in [-0.25, -0.2) is 14.8 Å². The summed E-state index contributed by atoms with van der Waals surface area (Å²) in [6, 6.07) is 9.60. The first-order valence-corrected chi connectivity index (χ1v) is 7.92. The molecular weight excluding hydrogens is 316 g/mol. The second kappa shape index (κ2) is 5.59. The summed E-state index contributed by atoms with van der Waals surface area (Å²) in [7, 11) is 0. The van der Waals surface area contributed by atoms with Crippen LogP contribution in [0, 0.1) is 10.4 Å². The molecule has 0 saturated heterocycles. The van der Waals surface area contributed by atoms with E-state index < -0.39 is 5.97 Å². The Kier molecular flexibility index (Phi) is 3.39. The first-order valence-electron chi connectivity index (χ1n) is 7.92. The van der Waals surface area contributed by atoms with E-state index in [2.05, 4.69) is 21.5 Å². The lowest BCUT2D eigenvalue weighted by Gasteiger charge is -2.05. The van der Waals surface area contributed by atoms with Gasteiger partial charge in [-0.2, -0.15) is 0 Å². The molecule has 0 aliphatic carbocycles. The third kappa shape index (κ3) is 2.22. The molecule has 0 atom stereocenters. The second-order valence-electron chi connectivity index (χ2n) is 5.69. The SMILES string of the molecule is C=c1cnc(N)c2c1=c1c(C(=O)OCC)c(-c3ccccc3)[nH]c1=N2. The summed E-state index contributed by atoms with van der Waals surface area (Å²) in [6.45, 7) is 6.08. The Morgan fingerprint density at radius 1 is 1.28 bits per heavy atom. The fourth-order valence-corrected chi connectivity index (χ4v) is 3.10. The number of nitrogens with two attached hydrogens (primary N) is 1. The van der Waals surface area contributed by atoms with Gasteiger partial charge in [-0.05, 0) is 17.7 Å². The van der Waals surface area contributed by atoms with Crippen molar-refractivity contribution in [3.8, 4) is 11.3 Å². The molecule has 0 saturated carbocycles. The minimum atomic E-state index is -0.406. The molecule has 6 heteroatoms. The maximum absolute atomic E-state index is 12.7. The molecule has 0 fully saturated rings. The van der Waals surface area contributed by atoms with Crippen LogP contribution < -0.4 is 16.4 Å². The fourth-order valence-electron chi connectivity index (χ4n) is 3.10. The van der Waals surface area contributed by atoms with Gasteiger partial charge in [0.2, 0.25) is 0 Å². The molecule has 2 aromatic heterocycles. The molecule has 3 aromatic rings.